The van der Waals surface area contributed by atoms with E-state index < -0.39 is 6.10 Å². The van der Waals surface area contributed by atoms with E-state index in [0.717, 1.165) is 19.3 Å². The average Bonchev–Trinajstić information content (AvgIpc) is 2.73. The first-order valence-corrected chi connectivity index (χ1v) is 6.58. The molecule has 1 aliphatic rings. The first kappa shape index (κ1) is 11.6. The van der Waals surface area contributed by atoms with Gasteiger partial charge in [0.15, 0.2) is 0 Å². The maximum Gasteiger partial charge on any atom is 0.227 e. The Balaban J connectivity index is 2.03. The Morgan fingerprint density at radius 3 is 3.31 bits per heavy atom. The predicted octanol–water partition coefficient (Wildman–Crippen LogP) is 1.67. The van der Waals surface area contributed by atoms with Crippen LogP contribution in [0.2, 0.25) is 0 Å². The van der Waals surface area contributed by atoms with E-state index in [4.69, 9.17) is 5.11 Å². The number of hydrogen-bond donors (Lipinski definition) is 2. The van der Waals surface area contributed by atoms with Crippen molar-refractivity contribution in [3.05, 3.63) is 21.9 Å². The van der Waals surface area contributed by atoms with Crippen LogP contribution >= 0.6 is 11.3 Å². The lowest BCUT2D eigenvalue weighted by molar-refractivity contribution is -0.123. The van der Waals surface area contributed by atoms with Crippen molar-refractivity contribution >= 4 is 17.2 Å². The third-order valence-corrected chi connectivity index (χ3v) is 3.94. The highest BCUT2D eigenvalue weighted by Gasteiger charge is 2.26. The van der Waals surface area contributed by atoms with Gasteiger partial charge in [0.05, 0.1) is 12.0 Å². The molecule has 88 valence electrons. The molecule has 1 unspecified atom stereocenters. The normalized spacial score (nSPS) is 21.2. The van der Waals surface area contributed by atoms with Crippen molar-refractivity contribution in [2.45, 2.75) is 38.2 Å². The monoisotopic (exact) mass is 239 g/mol. The highest BCUT2D eigenvalue weighted by molar-refractivity contribution is 7.10. The van der Waals surface area contributed by atoms with Crippen molar-refractivity contribution in [2.75, 3.05) is 6.54 Å². The van der Waals surface area contributed by atoms with E-state index >= 15 is 0 Å². The Morgan fingerprint density at radius 2 is 2.56 bits per heavy atom. The predicted molar refractivity (Wildman–Crippen MR) is 64.7 cm³/mol. The van der Waals surface area contributed by atoms with Crippen molar-refractivity contribution < 1.29 is 9.90 Å². The van der Waals surface area contributed by atoms with Gasteiger partial charge >= 0.3 is 0 Å². The van der Waals surface area contributed by atoms with Gasteiger partial charge in [-0.3, -0.25) is 4.79 Å². The average molecular weight is 239 g/mol. The number of carbonyl (C=O) groups excluding carboxylic acids is 1. The Kier molecular flexibility index (Phi) is 3.61. The van der Waals surface area contributed by atoms with E-state index in [1.807, 2.05) is 0 Å². The van der Waals surface area contributed by atoms with Crippen LogP contribution in [-0.4, -0.2) is 23.7 Å². The molecule has 0 saturated carbocycles. The van der Waals surface area contributed by atoms with Gasteiger partial charge in [-0.15, -0.1) is 11.3 Å². The summed E-state index contributed by atoms with van der Waals surface area (Å²) in [6.45, 7) is 2.02. The van der Waals surface area contributed by atoms with Crippen molar-refractivity contribution in [3.8, 4) is 0 Å². The number of amides is 1. The van der Waals surface area contributed by atoms with Crippen LogP contribution < -0.4 is 5.32 Å². The van der Waals surface area contributed by atoms with Gasteiger partial charge in [0.25, 0.3) is 0 Å². The van der Waals surface area contributed by atoms with Gasteiger partial charge in [-0.05, 0) is 43.2 Å². The van der Waals surface area contributed by atoms with Crippen LogP contribution in [0.25, 0.3) is 0 Å². The van der Waals surface area contributed by atoms with Gasteiger partial charge < -0.3 is 10.4 Å². The van der Waals surface area contributed by atoms with Gasteiger partial charge in [0.1, 0.15) is 0 Å². The molecule has 16 heavy (non-hydrogen) atoms. The minimum Gasteiger partial charge on any atom is -0.392 e. The van der Waals surface area contributed by atoms with E-state index in [9.17, 15) is 4.79 Å². The molecule has 0 aromatic carbocycles. The standard InChI is InChI=1S/C12H17NO2S/c1-8(14)7-13-12(15)10-3-2-4-11-9(10)5-6-16-11/h5-6,8,10,14H,2-4,7H2,1H3,(H,13,15)/t8-,10?/m1/s1. The summed E-state index contributed by atoms with van der Waals surface area (Å²) in [6, 6.07) is 2.06. The molecule has 2 N–H and O–H groups in total. The van der Waals surface area contributed by atoms with Crippen molar-refractivity contribution in [1.82, 2.24) is 5.32 Å². The summed E-state index contributed by atoms with van der Waals surface area (Å²) in [5.41, 5.74) is 1.19. The van der Waals surface area contributed by atoms with E-state index in [2.05, 4.69) is 16.8 Å². The third-order valence-electron chi connectivity index (χ3n) is 2.94. The zero-order valence-electron chi connectivity index (χ0n) is 9.40. The summed E-state index contributed by atoms with van der Waals surface area (Å²) >= 11 is 1.74. The number of aliphatic hydroxyl groups excluding tert-OH is 1. The molecule has 1 aromatic heterocycles. The lowest BCUT2D eigenvalue weighted by Gasteiger charge is -2.22. The molecular weight excluding hydrogens is 222 g/mol. The largest absolute Gasteiger partial charge is 0.392 e. The molecule has 0 saturated heterocycles. The number of carbonyl (C=O) groups is 1. The van der Waals surface area contributed by atoms with Crippen LogP contribution in [0.15, 0.2) is 11.4 Å². The Morgan fingerprint density at radius 1 is 1.75 bits per heavy atom. The molecule has 1 aliphatic carbocycles. The van der Waals surface area contributed by atoms with Gasteiger partial charge in [-0.1, -0.05) is 0 Å². The molecule has 1 amide bonds. The lowest BCUT2D eigenvalue weighted by Crippen LogP contribution is -2.35. The molecule has 0 radical (unpaired) electrons. The Hall–Kier alpha value is -0.870. The van der Waals surface area contributed by atoms with Gasteiger partial charge in [-0.2, -0.15) is 0 Å². The summed E-state index contributed by atoms with van der Waals surface area (Å²) in [5.74, 6) is 0.0500. The first-order chi connectivity index (χ1) is 7.68. The molecule has 0 fully saturated rings. The minimum absolute atomic E-state index is 0.00579. The van der Waals surface area contributed by atoms with E-state index in [0.29, 0.717) is 6.54 Å². The van der Waals surface area contributed by atoms with Crippen molar-refractivity contribution in [1.29, 1.82) is 0 Å². The lowest BCUT2D eigenvalue weighted by atomic mass is 9.87. The number of thiophene rings is 1. The topological polar surface area (TPSA) is 49.3 Å². The number of rotatable bonds is 3. The highest BCUT2D eigenvalue weighted by Crippen LogP contribution is 2.34. The maximum atomic E-state index is 11.9. The molecule has 2 rings (SSSR count). The highest BCUT2D eigenvalue weighted by atomic mass is 32.1. The fourth-order valence-electron chi connectivity index (χ4n) is 2.13. The van der Waals surface area contributed by atoms with Gasteiger partial charge in [-0.25, -0.2) is 0 Å². The second-order valence-corrected chi connectivity index (χ2v) is 5.34. The maximum absolute atomic E-state index is 11.9. The molecule has 2 atom stereocenters. The first-order valence-electron chi connectivity index (χ1n) is 5.70. The SMILES string of the molecule is C[C@@H](O)CNC(=O)C1CCCc2sccc21. The number of fused-ring (bicyclic) bond motifs is 1. The van der Waals surface area contributed by atoms with Crippen LogP contribution in [0.1, 0.15) is 36.1 Å². The molecule has 0 bridgehead atoms. The fraction of sp³-hybridized carbons (Fsp3) is 0.583. The van der Waals surface area contributed by atoms with Gasteiger partial charge in [0, 0.05) is 11.4 Å². The van der Waals surface area contributed by atoms with Crippen LogP contribution in [-0.2, 0) is 11.2 Å². The summed E-state index contributed by atoms with van der Waals surface area (Å²) in [6.07, 6.45) is 2.64. The van der Waals surface area contributed by atoms with E-state index in [1.54, 1.807) is 18.3 Å². The number of hydrogen-bond acceptors (Lipinski definition) is 3. The molecule has 4 heteroatoms. The van der Waals surface area contributed by atoms with E-state index in [-0.39, 0.29) is 11.8 Å². The van der Waals surface area contributed by atoms with Crippen LogP contribution in [0.4, 0.5) is 0 Å². The molecule has 1 heterocycles. The smallest absolute Gasteiger partial charge is 0.227 e. The number of aliphatic hydroxyl groups is 1. The van der Waals surface area contributed by atoms with Crippen LogP contribution in [0, 0.1) is 0 Å². The summed E-state index contributed by atoms with van der Waals surface area (Å²) in [7, 11) is 0. The molecule has 3 nitrogen and oxygen atoms in total. The third kappa shape index (κ3) is 2.44. The molecule has 0 aliphatic heterocycles. The molecule has 1 aromatic rings. The summed E-state index contributed by atoms with van der Waals surface area (Å²) in [5, 5.41) is 14.0. The molecule has 0 spiro atoms. The second kappa shape index (κ2) is 4.97. The zero-order chi connectivity index (χ0) is 11.5. The van der Waals surface area contributed by atoms with Crippen LogP contribution in [0.5, 0.6) is 0 Å². The Labute approximate surface area is 99.5 Å². The molecular formula is C12H17NO2S. The zero-order valence-corrected chi connectivity index (χ0v) is 10.2. The number of aryl methyl sites for hydroxylation is 1. The quantitative estimate of drug-likeness (QED) is 0.843. The van der Waals surface area contributed by atoms with Crippen LogP contribution in [0.3, 0.4) is 0 Å². The van der Waals surface area contributed by atoms with Gasteiger partial charge in [0.2, 0.25) is 5.91 Å². The minimum atomic E-state index is -0.477. The van der Waals surface area contributed by atoms with E-state index in [1.165, 1.54) is 10.4 Å². The summed E-state index contributed by atoms with van der Waals surface area (Å²) in [4.78, 5) is 13.3. The summed E-state index contributed by atoms with van der Waals surface area (Å²) < 4.78 is 0. The van der Waals surface area contributed by atoms with Crippen molar-refractivity contribution in [2.24, 2.45) is 0 Å². The second-order valence-electron chi connectivity index (χ2n) is 4.34. The van der Waals surface area contributed by atoms with Crippen molar-refractivity contribution in [3.63, 3.8) is 0 Å². The fourth-order valence-corrected chi connectivity index (χ4v) is 3.12. The number of nitrogens with one attached hydrogen (secondary N) is 1. The Bertz CT molecular complexity index is 373.